The van der Waals surface area contributed by atoms with Crippen molar-refractivity contribution in [1.82, 2.24) is 4.90 Å². The Hall–Kier alpha value is -1.65. The highest BCUT2D eigenvalue weighted by Crippen LogP contribution is 1.97. The first kappa shape index (κ1) is 14.3. The van der Waals surface area contributed by atoms with E-state index in [-0.39, 0.29) is 25.0 Å². The van der Waals surface area contributed by atoms with Crippen molar-refractivity contribution in [2.45, 2.75) is 27.2 Å². The molecule has 0 spiro atoms. The van der Waals surface area contributed by atoms with Gasteiger partial charge in [0.25, 0.3) is 0 Å². The first-order chi connectivity index (χ1) is 7.36. The van der Waals surface area contributed by atoms with Crippen LogP contribution in [0.15, 0.2) is 12.2 Å². The Morgan fingerprint density at radius 2 is 1.62 bits per heavy atom. The Kier molecular flexibility index (Phi) is 6.07. The van der Waals surface area contributed by atoms with E-state index in [1.807, 2.05) is 0 Å². The van der Waals surface area contributed by atoms with E-state index in [0.717, 1.165) is 4.90 Å². The van der Waals surface area contributed by atoms with Gasteiger partial charge in [-0.25, -0.2) is 4.79 Å². The zero-order chi connectivity index (χ0) is 12.7. The number of carbonyl (C=O) groups excluding carboxylic acids is 3. The molecule has 0 atom stereocenters. The predicted molar refractivity (Wildman–Crippen MR) is 58.5 cm³/mol. The smallest absolute Gasteiger partial charge is 0.333 e. The van der Waals surface area contributed by atoms with E-state index >= 15 is 0 Å². The van der Waals surface area contributed by atoms with Gasteiger partial charge in [0.2, 0.25) is 11.8 Å². The Morgan fingerprint density at radius 1 is 1.12 bits per heavy atom. The van der Waals surface area contributed by atoms with Gasteiger partial charge in [-0.1, -0.05) is 6.58 Å². The van der Waals surface area contributed by atoms with Crippen molar-refractivity contribution in [3.05, 3.63) is 12.2 Å². The number of esters is 1. The minimum atomic E-state index is -0.461. The van der Waals surface area contributed by atoms with Gasteiger partial charge in [-0.15, -0.1) is 0 Å². The highest BCUT2D eigenvalue weighted by Gasteiger charge is 2.13. The van der Waals surface area contributed by atoms with Crippen LogP contribution in [0.5, 0.6) is 0 Å². The van der Waals surface area contributed by atoms with Gasteiger partial charge < -0.3 is 4.74 Å². The average molecular weight is 227 g/mol. The normalized spacial score (nSPS) is 9.44. The van der Waals surface area contributed by atoms with Crippen molar-refractivity contribution in [1.29, 1.82) is 0 Å². The van der Waals surface area contributed by atoms with Crippen molar-refractivity contribution in [3.8, 4) is 0 Å². The number of rotatable bonds is 5. The molecule has 0 N–H and O–H groups in total. The Balaban J connectivity index is 3.88. The summed E-state index contributed by atoms with van der Waals surface area (Å²) in [4.78, 5) is 34.1. The third-order valence-corrected chi connectivity index (χ3v) is 1.87. The summed E-state index contributed by atoms with van der Waals surface area (Å²) in [5.74, 6) is -1.07. The largest absolute Gasteiger partial charge is 0.462 e. The third-order valence-electron chi connectivity index (χ3n) is 1.87. The minimum absolute atomic E-state index is 0.169. The van der Waals surface area contributed by atoms with E-state index in [1.165, 1.54) is 13.8 Å². The zero-order valence-electron chi connectivity index (χ0n) is 9.91. The van der Waals surface area contributed by atoms with Crippen LogP contribution >= 0.6 is 0 Å². The van der Waals surface area contributed by atoms with Crippen molar-refractivity contribution in [3.63, 3.8) is 0 Å². The van der Waals surface area contributed by atoms with E-state index in [0.29, 0.717) is 12.0 Å². The maximum absolute atomic E-state index is 11.0. The van der Waals surface area contributed by atoms with Crippen LogP contribution in [0.3, 0.4) is 0 Å². The average Bonchev–Trinajstić information content (AvgIpc) is 2.15. The summed E-state index contributed by atoms with van der Waals surface area (Å²) in [5.41, 5.74) is 0.329. The molecule has 0 saturated heterocycles. The molecule has 0 heterocycles. The van der Waals surface area contributed by atoms with Gasteiger partial charge in [-0.2, -0.15) is 0 Å². The number of nitrogens with zero attached hydrogens (tertiary/aromatic N) is 1. The van der Waals surface area contributed by atoms with Gasteiger partial charge in [0.1, 0.15) is 0 Å². The molecule has 0 aromatic rings. The molecule has 0 aromatic heterocycles. The second-order valence-electron chi connectivity index (χ2n) is 3.46. The Labute approximate surface area is 95.1 Å². The molecule has 0 radical (unpaired) electrons. The van der Waals surface area contributed by atoms with Crippen LogP contribution in [-0.4, -0.2) is 35.8 Å². The summed E-state index contributed by atoms with van der Waals surface area (Å²) in [5, 5.41) is 0. The minimum Gasteiger partial charge on any atom is -0.462 e. The van der Waals surface area contributed by atoms with Crippen LogP contribution in [0.25, 0.3) is 0 Å². The fourth-order valence-corrected chi connectivity index (χ4v) is 1.05. The van der Waals surface area contributed by atoms with E-state index in [9.17, 15) is 14.4 Å². The lowest BCUT2D eigenvalue weighted by Crippen LogP contribution is -2.34. The molecular formula is C11H17NO4. The molecule has 5 nitrogen and oxygen atoms in total. The van der Waals surface area contributed by atoms with Gasteiger partial charge in [-0.3, -0.25) is 14.5 Å². The molecule has 2 amide bonds. The summed E-state index contributed by atoms with van der Waals surface area (Å²) in [6, 6.07) is 0. The first-order valence-corrected chi connectivity index (χ1v) is 4.97. The molecule has 0 unspecified atom stereocenters. The molecule has 0 aliphatic rings. The van der Waals surface area contributed by atoms with E-state index < -0.39 is 5.97 Å². The van der Waals surface area contributed by atoms with Crippen molar-refractivity contribution in [2.75, 3.05) is 13.2 Å². The Morgan fingerprint density at radius 3 is 2.00 bits per heavy atom. The fraction of sp³-hybridized carbons (Fsp3) is 0.545. The number of carbonyl (C=O) groups is 3. The second-order valence-corrected chi connectivity index (χ2v) is 3.46. The number of ether oxygens (including phenoxy) is 1. The monoisotopic (exact) mass is 227 g/mol. The summed E-state index contributed by atoms with van der Waals surface area (Å²) in [7, 11) is 0. The highest BCUT2D eigenvalue weighted by molar-refractivity contribution is 5.92. The predicted octanol–water partition coefficient (Wildman–Crippen LogP) is 0.891. The van der Waals surface area contributed by atoms with Gasteiger partial charge >= 0.3 is 5.97 Å². The molecule has 5 heteroatoms. The highest BCUT2D eigenvalue weighted by atomic mass is 16.5. The van der Waals surface area contributed by atoms with E-state index in [2.05, 4.69) is 6.58 Å². The zero-order valence-corrected chi connectivity index (χ0v) is 9.91. The van der Waals surface area contributed by atoms with Gasteiger partial charge in [0.05, 0.1) is 6.61 Å². The molecule has 16 heavy (non-hydrogen) atoms. The van der Waals surface area contributed by atoms with Gasteiger partial charge in [0.15, 0.2) is 0 Å². The molecule has 0 bridgehead atoms. The summed E-state index contributed by atoms with van der Waals surface area (Å²) in [6.45, 7) is 8.06. The van der Waals surface area contributed by atoms with Gasteiger partial charge in [-0.05, 0) is 13.3 Å². The van der Waals surface area contributed by atoms with Crippen LogP contribution in [0, 0.1) is 0 Å². The maximum atomic E-state index is 11.0. The standard InChI is InChI=1S/C11H17NO4/c1-8(2)11(15)16-7-5-6-12(9(3)13)10(4)14/h1,5-7H2,2-4H3. The lowest BCUT2D eigenvalue weighted by Gasteiger charge is -2.16. The molecule has 0 aliphatic heterocycles. The SMILES string of the molecule is C=C(C)C(=O)OCCCN(C(C)=O)C(C)=O. The van der Waals surface area contributed by atoms with Crippen molar-refractivity contribution < 1.29 is 19.1 Å². The molecule has 0 rings (SSSR count). The van der Waals surface area contributed by atoms with Crippen LogP contribution in [-0.2, 0) is 19.1 Å². The summed E-state index contributed by atoms with van der Waals surface area (Å²) in [6.07, 6.45) is 0.429. The third kappa shape index (κ3) is 5.29. The molecule has 0 aromatic carbocycles. The van der Waals surface area contributed by atoms with Crippen molar-refractivity contribution in [2.24, 2.45) is 0 Å². The van der Waals surface area contributed by atoms with Crippen molar-refractivity contribution >= 4 is 17.8 Å². The lowest BCUT2D eigenvalue weighted by atomic mass is 10.3. The first-order valence-electron chi connectivity index (χ1n) is 4.97. The maximum Gasteiger partial charge on any atom is 0.333 e. The number of hydrogen-bond donors (Lipinski definition) is 0. The topological polar surface area (TPSA) is 63.7 Å². The molecule has 90 valence electrons. The van der Waals surface area contributed by atoms with Crippen LogP contribution in [0.1, 0.15) is 27.2 Å². The van der Waals surface area contributed by atoms with Crippen LogP contribution in [0.4, 0.5) is 0 Å². The van der Waals surface area contributed by atoms with Gasteiger partial charge in [0, 0.05) is 26.0 Å². The molecule has 0 fully saturated rings. The quantitative estimate of drug-likeness (QED) is 0.397. The summed E-state index contributed by atoms with van der Waals surface area (Å²) < 4.78 is 4.83. The van der Waals surface area contributed by atoms with Crippen LogP contribution in [0.2, 0.25) is 0 Å². The number of imide groups is 1. The molecule has 0 saturated carbocycles. The van der Waals surface area contributed by atoms with E-state index in [1.54, 1.807) is 6.92 Å². The number of hydrogen-bond acceptors (Lipinski definition) is 4. The second kappa shape index (κ2) is 6.76. The number of amides is 2. The summed E-state index contributed by atoms with van der Waals surface area (Å²) >= 11 is 0. The van der Waals surface area contributed by atoms with Crippen LogP contribution < -0.4 is 0 Å². The lowest BCUT2D eigenvalue weighted by molar-refractivity contribution is -0.142. The Bertz CT molecular complexity index is 295. The fourth-order valence-electron chi connectivity index (χ4n) is 1.05. The molecule has 0 aliphatic carbocycles. The molecular weight excluding hydrogens is 210 g/mol. The van der Waals surface area contributed by atoms with E-state index in [4.69, 9.17) is 4.74 Å².